The lowest BCUT2D eigenvalue weighted by atomic mass is 9.85. The molecule has 12 heteroatoms. The van der Waals surface area contributed by atoms with Crippen LogP contribution in [0.4, 0.5) is 0 Å². The Morgan fingerprint density at radius 3 is 1.20 bits per heavy atom. The van der Waals surface area contributed by atoms with Crippen molar-refractivity contribution in [2.45, 2.75) is 52.7 Å². The van der Waals surface area contributed by atoms with Crippen molar-refractivity contribution in [1.29, 1.82) is 0 Å². The maximum absolute atomic E-state index is 13.1. The van der Waals surface area contributed by atoms with Crippen LogP contribution in [0.2, 0.25) is 20.1 Å². The normalized spacial score (nSPS) is 18.8. The molecule has 2 atom stereocenters. The van der Waals surface area contributed by atoms with Gasteiger partial charge in [-0.3, -0.25) is 9.59 Å². The van der Waals surface area contributed by atoms with Gasteiger partial charge in [0.2, 0.25) is 0 Å². The van der Waals surface area contributed by atoms with Crippen molar-refractivity contribution >= 4 is 70.3 Å². The SMILES string of the molecule is CC=C1CC(OC(=O)c2cc(Cl)c(OC(C)=O)c(Cl)c2)C(OC(=O)c2cc(Cl)c(OC(C)=O)c(Cl)c2)CC1=CC. The molecular weight excluding hydrogens is 606 g/mol. The Bertz CT molecular complexity index is 1280. The molecule has 0 aliphatic heterocycles. The molecule has 0 saturated heterocycles. The molecule has 0 bridgehead atoms. The van der Waals surface area contributed by atoms with Gasteiger partial charge in [0, 0.05) is 26.7 Å². The molecule has 1 saturated carbocycles. The van der Waals surface area contributed by atoms with Crippen molar-refractivity contribution in [3.8, 4) is 11.5 Å². The first-order valence-corrected chi connectivity index (χ1v) is 13.4. The highest BCUT2D eigenvalue weighted by molar-refractivity contribution is 6.38. The van der Waals surface area contributed by atoms with Crippen LogP contribution in [0, 0.1) is 0 Å². The number of ether oxygens (including phenoxy) is 4. The van der Waals surface area contributed by atoms with Gasteiger partial charge in [-0.05, 0) is 49.3 Å². The summed E-state index contributed by atoms with van der Waals surface area (Å²) in [5.74, 6) is -2.98. The van der Waals surface area contributed by atoms with Gasteiger partial charge in [-0.2, -0.15) is 0 Å². The van der Waals surface area contributed by atoms with Gasteiger partial charge in [-0.25, -0.2) is 9.59 Å². The van der Waals surface area contributed by atoms with Crippen LogP contribution >= 0.6 is 46.4 Å². The van der Waals surface area contributed by atoms with Gasteiger partial charge in [0.1, 0.15) is 12.2 Å². The number of hydrogen-bond acceptors (Lipinski definition) is 8. The first kappa shape index (κ1) is 31.5. The molecule has 2 aromatic carbocycles. The summed E-state index contributed by atoms with van der Waals surface area (Å²) in [6.45, 7) is 6.08. The molecule has 2 unspecified atom stereocenters. The smallest absolute Gasteiger partial charge is 0.338 e. The average Bonchev–Trinajstić information content (AvgIpc) is 2.88. The zero-order valence-electron chi connectivity index (χ0n) is 21.8. The summed E-state index contributed by atoms with van der Waals surface area (Å²) in [4.78, 5) is 48.9. The third-order valence-electron chi connectivity index (χ3n) is 5.84. The fourth-order valence-corrected chi connectivity index (χ4v) is 5.18. The predicted octanol–water partition coefficient (Wildman–Crippen LogP) is 7.59. The van der Waals surface area contributed by atoms with E-state index in [2.05, 4.69) is 0 Å². The average molecular weight is 630 g/mol. The molecule has 3 rings (SSSR count). The van der Waals surface area contributed by atoms with Gasteiger partial charge in [0.25, 0.3) is 0 Å². The van der Waals surface area contributed by atoms with Crippen LogP contribution in [0.5, 0.6) is 11.5 Å². The maximum atomic E-state index is 13.1. The zero-order chi connectivity index (χ0) is 29.7. The van der Waals surface area contributed by atoms with E-state index in [9.17, 15) is 19.2 Å². The number of hydrogen-bond donors (Lipinski definition) is 0. The van der Waals surface area contributed by atoms with Crippen LogP contribution in [-0.4, -0.2) is 36.1 Å². The number of esters is 4. The number of rotatable bonds is 6. The first-order chi connectivity index (χ1) is 18.8. The van der Waals surface area contributed by atoms with Crippen LogP contribution in [0.3, 0.4) is 0 Å². The molecular formula is C28H24Cl4O8. The van der Waals surface area contributed by atoms with Gasteiger partial charge in [-0.15, -0.1) is 0 Å². The highest BCUT2D eigenvalue weighted by Crippen LogP contribution is 2.38. The number of carbonyl (C=O) groups excluding carboxylic acids is 4. The first-order valence-electron chi connectivity index (χ1n) is 11.9. The second-order valence-electron chi connectivity index (χ2n) is 8.65. The van der Waals surface area contributed by atoms with Gasteiger partial charge >= 0.3 is 23.9 Å². The largest absolute Gasteiger partial charge is 0.454 e. The molecule has 0 heterocycles. The lowest BCUT2D eigenvalue weighted by Crippen LogP contribution is -2.39. The third-order valence-corrected chi connectivity index (χ3v) is 6.97. The molecule has 8 nitrogen and oxygen atoms in total. The molecule has 1 aliphatic rings. The second kappa shape index (κ2) is 13.5. The number of benzene rings is 2. The molecule has 0 spiro atoms. The van der Waals surface area contributed by atoms with E-state index >= 15 is 0 Å². The Morgan fingerprint density at radius 2 is 0.950 bits per heavy atom. The van der Waals surface area contributed by atoms with Gasteiger partial charge < -0.3 is 18.9 Å². The van der Waals surface area contributed by atoms with Crippen LogP contribution < -0.4 is 9.47 Å². The summed E-state index contributed by atoms with van der Waals surface area (Å²) >= 11 is 24.7. The Morgan fingerprint density at radius 1 is 0.650 bits per heavy atom. The van der Waals surface area contributed by atoms with Crippen LogP contribution in [-0.2, 0) is 19.1 Å². The van der Waals surface area contributed by atoms with Crippen molar-refractivity contribution in [3.05, 3.63) is 78.8 Å². The number of halogens is 4. The molecule has 0 amide bonds. The van der Waals surface area contributed by atoms with Gasteiger partial charge in [0.15, 0.2) is 11.5 Å². The molecule has 0 N–H and O–H groups in total. The molecule has 212 valence electrons. The van der Waals surface area contributed by atoms with Crippen LogP contribution in [0.15, 0.2) is 47.6 Å². The van der Waals surface area contributed by atoms with Crippen molar-refractivity contribution < 1.29 is 38.1 Å². The highest BCUT2D eigenvalue weighted by Gasteiger charge is 2.36. The second-order valence-corrected chi connectivity index (χ2v) is 10.3. The van der Waals surface area contributed by atoms with E-state index in [1.54, 1.807) is 0 Å². The fourth-order valence-electron chi connectivity index (χ4n) is 4.05. The van der Waals surface area contributed by atoms with Crippen LogP contribution in [0.1, 0.15) is 61.3 Å². The minimum Gasteiger partial charge on any atom is -0.454 e. The summed E-state index contributed by atoms with van der Waals surface area (Å²) in [6, 6.07) is 5.06. The molecule has 1 fully saturated rings. The number of allylic oxidation sites excluding steroid dienone is 2. The monoisotopic (exact) mass is 628 g/mol. The lowest BCUT2D eigenvalue weighted by Gasteiger charge is -2.34. The van der Waals surface area contributed by atoms with E-state index in [1.807, 2.05) is 26.0 Å². The summed E-state index contributed by atoms with van der Waals surface area (Å²) in [6.07, 6.45) is 2.57. The standard InChI is InChI=1S/C28H24Cl4O8/c1-5-15-11-23(39-27(35)17-7-19(29)25(20(30)8-17)37-13(3)33)24(12-16(15)6-2)40-28(36)18-9-21(31)26(22(32)10-18)38-14(4)34/h5-10,23-24H,11-12H2,1-4H3. The van der Waals surface area contributed by atoms with Gasteiger partial charge in [0.05, 0.1) is 31.2 Å². The summed E-state index contributed by atoms with van der Waals surface area (Å²) in [7, 11) is 0. The Hall–Kier alpha value is -3.04. The molecule has 40 heavy (non-hydrogen) atoms. The molecule has 0 aromatic heterocycles. The van der Waals surface area contributed by atoms with Crippen LogP contribution in [0.25, 0.3) is 0 Å². The fraction of sp³-hybridized carbons (Fsp3) is 0.286. The Balaban J connectivity index is 1.88. The van der Waals surface area contributed by atoms with E-state index in [1.165, 1.54) is 38.1 Å². The quantitative estimate of drug-likeness (QED) is 0.238. The van der Waals surface area contributed by atoms with Crippen molar-refractivity contribution in [3.63, 3.8) is 0 Å². The molecule has 1 aliphatic carbocycles. The zero-order valence-corrected chi connectivity index (χ0v) is 24.8. The highest BCUT2D eigenvalue weighted by atomic mass is 35.5. The maximum Gasteiger partial charge on any atom is 0.338 e. The van der Waals surface area contributed by atoms with Gasteiger partial charge in [-0.1, -0.05) is 58.6 Å². The topological polar surface area (TPSA) is 105 Å². The van der Waals surface area contributed by atoms with Crippen molar-refractivity contribution in [2.75, 3.05) is 0 Å². The van der Waals surface area contributed by atoms with E-state index in [-0.39, 0.29) is 55.6 Å². The summed E-state index contributed by atoms with van der Waals surface area (Å²) in [5, 5.41) is -0.231. The Kier molecular flexibility index (Phi) is 10.7. The molecule has 2 aromatic rings. The minimum atomic E-state index is -0.872. The minimum absolute atomic E-state index is 0.00876. The van der Waals surface area contributed by atoms with E-state index in [0.29, 0.717) is 0 Å². The predicted molar refractivity (Wildman–Crippen MR) is 151 cm³/mol. The summed E-state index contributed by atoms with van der Waals surface area (Å²) in [5.41, 5.74) is 1.86. The number of carbonyl (C=O) groups is 4. The van der Waals surface area contributed by atoms with E-state index in [4.69, 9.17) is 65.4 Å². The Labute approximate surface area is 250 Å². The van der Waals surface area contributed by atoms with E-state index < -0.39 is 36.1 Å². The third kappa shape index (κ3) is 7.57. The molecule has 0 radical (unpaired) electrons. The summed E-state index contributed by atoms with van der Waals surface area (Å²) < 4.78 is 21.5. The lowest BCUT2D eigenvalue weighted by molar-refractivity contribution is -0.132. The van der Waals surface area contributed by atoms with Crippen molar-refractivity contribution in [2.24, 2.45) is 0 Å². The van der Waals surface area contributed by atoms with E-state index in [0.717, 1.165) is 11.1 Å². The van der Waals surface area contributed by atoms with Crippen molar-refractivity contribution in [1.82, 2.24) is 0 Å².